The third-order valence-electron chi connectivity index (χ3n) is 3.52. The molecule has 0 aliphatic heterocycles. The number of anilines is 2. The van der Waals surface area contributed by atoms with Gasteiger partial charge in [-0.05, 0) is 42.7 Å². The van der Waals surface area contributed by atoms with Crippen LogP contribution in [0.4, 0.5) is 11.4 Å². The molecule has 0 bridgehead atoms. The Hall–Kier alpha value is -2.29. The van der Waals surface area contributed by atoms with Gasteiger partial charge in [0.2, 0.25) is 0 Å². The highest BCUT2D eigenvalue weighted by atomic mass is 16.4. The molecule has 3 nitrogen and oxygen atoms in total. The smallest absolute Gasteiger partial charge is 0.335 e. The first kappa shape index (κ1) is 14.1. The number of aromatic carboxylic acids is 1. The second kappa shape index (κ2) is 5.78. The van der Waals surface area contributed by atoms with Crippen molar-refractivity contribution in [3.05, 3.63) is 59.2 Å². The van der Waals surface area contributed by atoms with Crippen molar-refractivity contribution in [2.45, 2.75) is 20.3 Å². The van der Waals surface area contributed by atoms with E-state index in [1.165, 1.54) is 11.1 Å². The average molecular weight is 269 g/mol. The number of carbonyl (C=O) groups is 1. The molecule has 0 atom stereocenters. The molecule has 20 heavy (non-hydrogen) atoms. The van der Waals surface area contributed by atoms with E-state index in [1.54, 1.807) is 18.2 Å². The van der Waals surface area contributed by atoms with Crippen LogP contribution in [0.2, 0.25) is 0 Å². The van der Waals surface area contributed by atoms with E-state index in [-0.39, 0.29) is 0 Å². The molecule has 2 aromatic carbocycles. The molecule has 1 N–H and O–H groups in total. The van der Waals surface area contributed by atoms with Crippen LogP contribution >= 0.6 is 0 Å². The molecule has 0 amide bonds. The van der Waals surface area contributed by atoms with Crippen molar-refractivity contribution < 1.29 is 9.90 Å². The van der Waals surface area contributed by atoms with Gasteiger partial charge in [-0.15, -0.1) is 0 Å². The number of hydrogen-bond acceptors (Lipinski definition) is 2. The van der Waals surface area contributed by atoms with Crippen LogP contribution in [0.5, 0.6) is 0 Å². The number of aryl methyl sites for hydroxylation is 2. The number of nitrogens with zero attached hydrogens (tertiary/aromatic N) is 1. The Balaban J connectivity index is 2.49. The summed E-state index contributed by atoms with van der Waals surface area (Å²) in [4.78, 5) is 13.1. The molecule has 0 aromatic heterocycles. The maximum atomic E-state index is 11.1. The van der Waals surface area contributed by atoms with Gasteiger partial charge in [-0.1, -0.05) is 31.2 Å². The largest absolute Gasteiger partial charge is 0.478 e. The number of para-hydroxylation sites is 1. The molecule has 0 radical (unpaired) electrons. The zero-order chi connectivity index (χ0) is 14.7. The predicted octanol–water partition coefficient (Wildman–Crippen LogP) is 4.02. The van der Waals surface area contributed by atoms with E-state index in [1.807, 2.05) is 13.1 Å². The van der Waals surface area contributed by atoms with E-state index < -0.39 is 5.97 Å². The van der Waals surface area contributed by atoms with Crippen LogP contribution in [-0.4, -0.2) is 18.1 Å². The summed E-state index contributed by atoms with van der Waals surface area (Å²) < 4.78 is 0. The van der Waals surface area contributed by atoms with Crippen LogP contribution in [0, 0.1) is 6.92 Å². The molecule has 0 heterocycles. The van der Waals surface area contributed by atoms with Crippen molar-refractivity contribution >= 4 is 17.3 Å². The fourth-order valence-electron chi connectivity index (χ4n) is 2.46. The van der Waals surface area contributed by atoms with Crippen LogP contribution in [0.1, 0.15) is 28.4 Å². The summed E-state index contributed by atoms with van der Waals surface area (Å²) in [5.74, 6) is -0.902. The highest BCUT2D eigenvalue weighted by Crippen LogP contribution is 2.31. The molecule has 0 aliphatic carbocycles. The highest BCUT2D eigenvalue weighted by Gasteiger charge is 2.12. The zero-order valence-electron chi connectivity index (χ0n) is 12.1. The Labute approximate surface area is 119 Å². The molecular formula is C17H19NO2. The van der Waals surface area contributed by atoms with Crippen LogP contribution in [0.25, 0.3) is 0 Å². The SMILES string of the molecule is CCc1cccc(C)c1N(C)c1cccc(C(=O)O)c1. The molecule has 2 aromatic rings. The van der Waals surface area contributed by atoms with E-state index in [4.69, 9.17) is 5.11 Å². The van der Waals surface area contributed by atoms with Gasteiger partial charge in [0.15, 0.2) is 0 Å². The molecule has 0 saturated heterocycles. The standard InChI is InChI=1S/C17H19NO2/c1-4-13-8-5-7-12(2)16(13)18(3)15-10-6-9-14(11-15)17(19)20/h5-11H,4H2,1-3H3,(H,19,20). The molecule has 104 valence electrons. The minimum absolute atomic E-state index is 0.306. The third-order valence-corrected chi connectivity index (χ3v) is 3.52. The lowest BCUT2D eigenvalue weighted by atomic mass is 10.0. The summed E-state index contributed by atoms with van der Waals surface area (Å²) >= 11 is 0. The van der Waals surface area contributed by atoms with E-state index in [0.717, 1.165) is 17.8 Å². The van der Waals surface area contributed by atoms with Gasteiger partial charge in [-0.25, -0.2) is 4.79 Å². The van der Waals surface area contributed by atoms with Crippen LogP contribution < -0.4 is 4.90 Å². The van der Waals surface area contributed by atoms with Crippen molar-refractivity contribution in [2.24, 2.45) is 0 Å². The van der Waals surface area contributed by atoms with E-state index >= 15 is 0 Å². The van der Waals surface area contributed by atoms with Crippen molar-refractivity contribution in [1.82, 2.24) is 0 Å². The van der Waals surface area contributed by atoms with E-state index in [0.29, 0.717) is 5.56 Å². The lowest BCUT2D eigenvalue weighted by molar-refractivity contribution is 0.0697. The van der Waals surface area contributed by atoms with Gasteiger partial charge < -0.3 is 10.0 Å². The van der Waals surface area contributed by atoms with Crippen LogP contribution in [-0.2, 0) is 6.42 Å². The minimum Gasteiger partial charge on any atom is -0.478 e. The van der Waals surface area contributed by atoms with E-state index in [9.17, 15) is 4.79 Å². The molecule has 0 fully saturated rings. The van der Waals surface area contributed by atoms with Gasteiger partial charge in [0, 0.05) is 18.4 Å². The Bertz CT molecular complexity index is 635. The fraction of sp³-hybridized carbons (Fsp3) is 0.235. The van der Waals surface area contributed by atoms with Gasteiger partial charge in [-0.3, -0.25) is 0 Å². The Morgan fingerprint density at radius 2 is 1.90 bits per heavy atom. The highest BCUT2D eigenvalue weighted by molar-refractivity contribution is 5.89. The molecule has 2 rings (SSSR count). The summed E-state index contributed by atoms with van der Waals surface area (Å²) in [5.41, 5.74) is 4.79. The number of rotatable bonds is 4. The van der Waals surface area contributed by atoms with Crippen molar-refractivity contribution in [2.75, 3.05) is 11.9 Å². The first-order chi connectivity index (χ1) is 9.54. The normalized spacial score (nSPS) is 10.3. The van der Waals surface area contributed by atoms with Crippen molar-refractivity contribution in [3.63, 3.8) is 0 Å². The van der Waals surface area contributed by atoms with Gasteiger partial charge in [-0.2, -0.15) is 0 Å². The summed E-state index contributed by atoms with van der Waals surface area (Å²) in [6, 6.07) is 13.3. The predicted molar refractivity (Wildman–Crippen MR) is 82.0 cm³/mol. The van der Waals surface area contributed by atoms with Crippen molar-refractivity contribution in [3.8, 4) is 0 Å². The number of benzene rings is 2. The fourth-order valence-corrected chi connectivity index (χ4v) is 2.46. The summed E-state index contributed by atoms with van der Waals surface area (Å²) in [5, 5.41) is 9.10. The first-order valence-electron chi connectivity index (χ1n) is 6.70. The van der Waals surface area contributed by atoms with Gasteiger partial charge in [0.1, 0.15) is 0 Å². The second-order valence-corrected chi connectivity index (χ2v) is 4.85. The molecular weight excluding hydrogens is 250 g/mol. The molecule has 0 unspecified atom stereocenters. The third kappa shape index (κ3) is 2.67. The first-order valence-corrected chi connectivity index (χ1v) is 6.70. The zero-order valence-corrected chi connectivity index (χ0v) is 12.1. The van der Waals surface area contributed by atoms with E-state index in [2.05, 4.69) is 36.9 Å². The molecule has 0 saturated carbocycles. The lowest BCUT2D eigenvalue weighted by Gasteiger charge is -2.24. The summed E-state index contributed by atoms with van der Waals surface area (Å²) in [6.07, 6.45) is 0.944. The summed E-state index contributed by atoms with van der Waals surface area (Å²) in [7, 11) is 1.97. The average Bonchev–Trinajstić information content (AvgIpc) is 2.46. The van der Waals surface area contributed by atoms with Gasteiger partial charge in [0.05, 0.1) is 5.56 Å². The number of carboxylic acid groups (broad SMARTS) is 1. The quantitative estimate of drug-likeness (QED) is 0.911. The molecule has 0 aliphatic rings. The van der Waals surface area contributed by atoms with Crippen LogP contribution in [0.15, 0.2) is 42.5 Å². The maximum Gasteiger partial charge on any atom is 0.335 e. The topological polar surface area (TPSA) is 40.5 Å². The Morgan fingerprint density at radius 3 is 2.55 bits per heavy atom. The molecule has 0 spiro atoms. The monoisotopic (exact) mass is 269 g/mol. The van der Waals surface area contributed by atoms with Crippen LogP contribution in [0.3, 0.4) is 0 Å². The summed E-state index contributed by atoms with van der Waals surface area (Å²) in [6.45, 7) is 4.20. The van der Waals surface area contributed by atoms with Gasteiger partial charge >= 0.3 is 5.97 Å². The lowest BCUT2D eigenvalue weighted by Crippen LogP contribution is -2.14. The second-order valence-electron chi connectivity index (χ2n) is 4.85. The maximum absolute atomic E-state index is 11.1. The Morgan fingerprint density at radius 1 is 1.20 bits per heavy atom. The van der Waals surface area contributed by atoms with Gasteiger partial charge in [0.25, 0.3) is 0 Å². The number of carboxylic acids is 1. The molecule has 3 heteroatoms. The number of hydrogen-bond donors (Lipinski definition) is 1. The Kier molecular flexibility index (Phi) is 4.08. The van der Waals surface area contributed by atoms with Crippen molar-refractivity contribution in [1.29, 1.82) is 0 Å². The minimum atomic E-state index is -0.902.